The van der Waals surface area contributed by atoms with E-state index in [0.717, 1.165) is 29.6 Å². The van der Waals surface area contributed by atoms with Crippen molar-refractivity contribution in [3.63, 3.8) is 0 Å². The minimum absolute atomic E-state index is 0.389. The largest absolute Gasteiger partial charge is 0.378 e. The van der Waals surface area contributed by atoms with Crippen molar-refractivity contribution < 1.29 is 9.53 Å². The molecular weight excluding hydrogens is 364 g/mol. The second-order valence-electron chi connectivity index (χ2n) is 5.81. The summed E-state index contributed by atoms with van der Waals surface area (Å²) in [4.78, 5) is 27.6. The molecule has 0 atom stereocenters. The van der Waals surface area contributed by atoms with Crippen LogP contribution in [0.5, 0.6) is 0 Å². The summed E-state index contributed by atoms with van der Waals surface area (Å²) in [6, 6.07) is 10.8. The fourth-order valence-electron chi connectivity index (χ4n) is 2.66. The highest BCUT2D eigenvalue weighted by atomic mass is 32.1. The minimum Gasteiger partial charge on any atom is -0.378 e. The molecule has 0 spiro atoms. The van der Waals surface area contributed by atoms with Gasteiger partial charge in [0, 0.05) is 24.7 Å². The van der Waals surface area contributed by atoms with Gasteiger partial charge in [-0.1, -0.05) is 12.1 Å². The van der Waals surface area contributed by atoms with Crippen LogP contribution in [0.15, 0.2) is 48.0 Å². The van der Waals surface area contributed by atoms with Gasteiger partial charge in [-0.2, -0.15) is 0 Å². The van der Waals surface area contributed by atoms with E-state index in [0.29, 0.717) is 24.8 Å². The molecule has 0 bridgehead atoms. The summed E-state index contributed by atoms with van der Waals surface area (Å²) in [6.45, 7) is 2.94. The van der Waals surface area contributed by atoms with Crippen LogP contribution in [-0.4, -0.2) is 47.3 Å². The summed E-state index contributed by atoms with van der Waals surface area (Å²) in [7, 11) is 0. The van der Waals surface area contributed by atoms with Gasteiger partial charge < -0.3 is 9.64 Å². The molecule has 0 radical (unpaired) electrons. The van der Waals surface area contributed by atoms with E-state index in [1.165, 1.54) is 11.3 Å². The minimum atomic E-state index is -0.389. The SMILES string of the molecule is O=C(Nc1cccc(N2CCOCC2)n1)Nc1csc(-c2ccccn2)n1. The molecule has 2 N–H and O–H groups in total. The first-order valence-electron chi connectivity index (χ1n) is 8.52. The van der Waals surface area contributed by atoms with Gasteiger partial charge in [-0.25, -0.2) is 14.8 Å². The van der Waals surface area contributed by atoms with Crippen LogP contribution >= 0.6 is 11.3 Å². The molecule has 1 aliphatic heterocycles. The Morgan fingerprint density at radius 1 is 1.04 bits per heavy atom. The number of urea groups is 1. The molecule has 0 aliphatic carbocycles. The normalized spacial score (nSPS) is 14.0. The lowest BCUT2D eigenvalue weighted by molar-refractivity contribution is 0.122. The predicted octanol–water partition coefficient (Wildman–Crippen LogP) is 3.08. The third kappa shape index (κ3) is 4.39. The van der Waals surface area contributed by atoms with Crippen LogP contribution in [0.1, 0.15) is 0 Å². The average molecular weight is 382 g/mol. The van der Waals surface area contributed by atoms with Gasteiger partial charge in [-0.15, -0.1) is 11.3 Å². The quantitative estimate of drug-likeness (QED) is 0.720. The highest BCUT2D eigenvalue weighted by Gasteiger charge is 2.14. The van der Waals surface area contributed by atoms with Crippen molar-refractivity contribution in [1.82, 2.24) is 15.0 Å². The molecule has 4 rings (SSSR count). The van der Waals surface area contributed by atoms with Crippen molar-refractivity contribution >= 4 is 34.8 Å². The van der Waals surface area contributed by atoms with E-state index in [1.807, 2.05) is 30.3 Å². The van der Waals surface area contributed by atoms with Gasteiger partial charge in [0.25, 0.3) is 0 Å². The maximum atomic E-state index is 12.3. The molecular formula is C18H18N6O2S. The number of hydrogen-bond acceptors (Lipinski definition) is 7. The zero-order chi connectivity index (χ0) is 18.5. The van der Waals surface area contributed by atoms with Gasteiger partial charge in [-0.05, 0) is 24.3 Å². The average Bonchev–Trinajstić information content (AvgIpc) is 3.18. The number of carbonyl (C=O) groups excluding carboxylic acids is 1. The molecule has 0 aromatic carbocycles. The number of hydrogen-bond donors (Lipinski definition) is 2. The molecule has 9 heteroatoms. The number of aromatic nitrogens is 3. The van der Waals surface area contributed by atoms with Crippen molar-refractivity contribution in [3.8, 4) is 10.7 Å². The van der Waals surface area contributed by atoms with E-state index < -0.39 is 0 Å². The van der Waals surface area contributed by atoms with Crippen molar-refractivity contribution in [2.24, 2.45) is 0 Å². The summed E-state index contributed by atoms with van der Waals surface area (Å²) in [5, 5.41) is 8.00. The van der Waals surface area contributed by atoms with Gasteiger partial charge in [0.1, 0.15) is 22.5 Å². The Bertz CT molecular complexity index is 911. The van der Waals surface area contributed by atoms with Gasteiger partial charge >= 0.3 is 6.03 Å². The molecule has 1 saturated heterocycles. The maximum absolute atomic E-state index is 12.3. The molecule has 27 heavy (non-hydrogen) atoms. The van der Waals surface area contributed by atoms with Crippen LogP contribution in [0, 0.1) is 0 Å². The monoisotopic (exact) mass is 382 g/mol. The topological polar surface area (TPSA) is 92.3 Å². The van der Waals surface area contributed by atoms with E-state index in [9.17, 15) is 4.79 Å². The standard InChI is InChI=1S/C18H18N6O2S/c25-18(23-15-12-27-17(21-15)13-4-1-2-7-19-13)22-14-5-3-6-16(20-14)24-8-10-26-11-9-24/h1-7,12H,8-11H2,(H2,20,22,23,25). The molecule has 3 aromatic heterocycles. The fourth-order valence-corrected chi connectivity index (χ4v) is 3.39. The molecule has 4 heterocycles. The van der Waals surface area contributed by atoms with Crippen LogP contribution in [-0.2, 0) is 4.74 Å². The molecule has 2 amide bonds. The molecule has 138 valence electrons. The third-order valence-electron chi connectivity index (χ3n) is 3.94. The number of ether oxygens (including phenoxy) is 1. The highest BCUT2D eigenvalue weighted by Crippen LogP contribution is 2.24. The van der Waals surface area contributed by atoms with Crippen LogP contribution in [0.3, 0.4) is 0 Å². The second-order valence-corrected chi connectivity index (χ2v) is 6.67. The predicted molar refractivity (Wildman–Crippen MR) is 105 cm³/mol. The number of pyridine rings is 2. The third-order valence-corrected chi connectivity index (χ3v) is 4.81. The van der Waals surface area contributed by atoms with Gasteiger partial charge in [-0.3, -0.25) is 15.6 Å². The molecule has 8 nitrogen and oxygen atoms in total. The first kappa shape index (κ1) is 17.4. The second kappa shape index (κ2) is 8.11. The van der Waals surface area contributed by atoms with Gasteiger partial charge in [0.05, 0.1) is 18.9 Å². The smallest absolute Gasteiger partial charge is 0.326 e. The molecule has 1 fully saturated rings. The lowest BCUT2D eigenvalue weighted by atomic mass is 10.3. The maximum Gasteiger partial charge on any atom is 0.326 e. The number of rotatable bonds is 4. The molecule has 0 saturated carbocycles. The molecule has 1 aliphatic rings. The Balaban J connectivity index is 1.39. The first-order chi connectivity index (χ1) is 13.3. The number of nitrogens with zero attached hydrogens (tertiary/aromatic N) is 4. The molecule has 3 aromatic rings. The Hall–Kier alpha value is -3.04. The van der Waals surface area contributed by atoms with Crippen LogP contribution < -0.4 is 15.5 Å². The Morgan fingerprint density at radius 2 is 1.89 bits per heavy atom. The van der Waals surface area contributed by atoms with E-state index in [4.69, 9.17) is 4.74 Å². The number of carbonyl (C=O) groups is 1. The summed E-state index contributed by atoms with van der Waals surface area (Å²) < 4.78 is 5.36. The van der Waals surface area contributed by atoms with Crippen molar-refractivity contribution in [2.75, 3.05) is 41.8 Å². The lowest BCUT2D eigenvalue weighted by Crippen LogP contribution is -2.36. The number of anilines is 3. The highest BCUT2D eigenvalue weighted by molar-refractivity contribution is 7.13. The number of nitrogens with one attached hydrogen (secondary N) is 2. The van der Waals surface area contributed by atoms with Crippen molar-refractivity contribution in [3.05, 3.63) is 48.0 Å². The van der Waals surface area contributed by atoms with Gasteiger partial charge in [0.15, 0.2) is 0 Å². The summed E-state index contributed by atoms with van der Waals surface area (Å²) in [5.74, 6) is 1.78. The van der Waals surface area contributed by atoms with Crippen molar-refractivity contribution in [1.29, 1.82) is 0 Å². The fraction of sp³-hybridized carbons (Fsp3) is 0.222. The molecule has 0 unspecified atom stereocenters. The number of thiazole rings is 1. The van der Waals surface area contributed by atoms with E-state index in [2.05, 4.69) is 30.5 Å². The Labute approximate surface area is 160 Å². The Morgan fingerprint density at radius 3 is 2.70 bits per heavy atom. The van der Waals surface area contributed by atoms with Crippen molar-refractivity contribution in [2.45, 2.75) is 0 Å². The summed E-state index contributed by atoms with van der Waals surface area (Å²) >= 11 is 1.42. The van der Waals surface area contributed by atoms with E-state index >= 15 is 0 Å². The zero-order valence-electron chi connectivity index (χ0n) is 14.5. The van der Waals surface area contributed by atoms with Gasteiger partial charge in [0.2, 0.25) is 0 Å². The summed E-state index contributed by atoms with van der Waals surface area (Å²) in [6.07, 6.45) is 1.71. The van der Waals surface area contributed by atoms with E-state index in [-0.39, 0.29) is 6.03 Å². The number of morpholine rings is 1. The summed E-state index contributed by atoms with van der Waals surface area (Å²) in [5.41, 5.74) is 0.774. The lowest BCUT2D eigenvalue weighted by Gasteiger charge is -2.27. The first-order valence-corrected chi connectivity index (χ1v) is 9.40. The van der Waals surface area contributed by atoms with E-state index in [1.54, 1.807) is 17.6 Å². The number of amides is 2. The Kier molecular flexibility index (Phi) is 5.22. The van der Waals surface area contributed by atoms with Crippen LogP contribution in [0.4, 0.5) is 22.2 Å². The van der Waals surface area contributed by atoms with Crippen LogP contribution in [0.25, 0.3) is 10.7 Å². The zero-order valence-corrected chi connectivity index (χ0v) is 15.3. The van der Waals surface area contributed by atoms with Crippen LogP contribution in [0.2, 0.25) is 0 Å².